The normalized spacial score (nSPS) is 20.7. The lowest BCUT2D eigenvalue weighted by Gasteiger charge is -2.30. The lowest BCUT2D eigenvalue weighted by atomic mass is 9.99. The van der Waals surface area contributed by atoms with E-state index >= 15 is 0 Å². The molecule has 2 rings (SSSR count). The molecule has 0 aromatic heterocycles. The molecule has 21 heavy (non-hydrogen) atoms. The summed E-state index contributed by atoms with van der Waals surface area (Å²) in [6.45, 7) is 7.94. The van der Waals surface area contributed by atoms with E-state index in [2.05, 4.69) is 17.1 Å². The first-order chi connectivity index (χ1) is 10.2. The van der Waals surface area contributed by atoms with Gasteiger partial charge in [0, 0.05) is 19.6 Å². The van der Waals surface area contributed by atoms with Crippen molar-refractivity contribution in [1.82, 2.24) is 15.1 Å². The van der Waals surface area contributed by atoms with E-state index in [1.807, 2.05) is 0 Å². The number of likely N-dealkylation sites (tertiary alicyclic amines) is 2. The van der Waals surface area contributed by atoms with Crippen molar-refractivity contribution in [3.05, 3.63) is 0 Å². The lowest BCUT2D eigenvalue weighted by Crippen LogP contribution is -2.42. The van der Waals surface area contributed by atoms with Crippen LogP contribution in [-0.2, 0) is 9.59 Å². The fraction of sp³-hybridized carbons (Fsp3) is 0.875. The maximum atomic E-state index is 11.8. The molecule has 5 nitrogen and oxygen atoms in total. The molecule has 2 saturated heterocycles. The minimum Gasteiger partial charge on any atom is -0.348 e. The zero-order valence-corrected chi connectivity index (χ0v) is 13.3. The molecule has 1 N–H and O–H groups in total. The van der Waals surface area contributed by atoms with Gasteiger partial charge in [0.05, 0.1) is 0 Å². The number of unbranched alkanes of at least 4 members (excludes halogenated alkanes) is 1. The Morgan fingerprint density at radius 3 is 2.38 bits per heavy atom. The zero-order valence-electron chi connectivity index (χ0n) is 13.3. The second kappa shape index (κ2) is 8.37. The average molecular weight is 295 g/mol. The molecule has 0 atom stereocenters. The summed E-state index contributed by atoms with van der Waals surface area (Å²) in [6.07, 6.45) is 6.70. The Morgan fingerprint density at radius 1 is 1.05 bits per heavy atom. The molecule has 0 aromatic carbocycles. The summed E-state index contributed by atoms with van der Waals surface area (Å²) in [5, 5.41) is 2.76. The van der Waals surface area contributed by atoms with E-state index in [0.717, 1.165) is 51.2 Å². The van der Waals surface area contributed by atoms with Gasteiger partial charge >= 0.3 is 11.8 Å². The number of hydrogen-bond acceptors (Lipinski definition) is 3. The van der Waals surface area contributed by atoms with Crippen LogP contribution in [0.3, 0.4) is 0 Å². The molecule has 0 saturated carbocycles. The van der Waals surface area contributed by atoms with E-state index in [9.17, 15) is 9.59 Å². The van der Waals surface area contributed by atoms with Gasteiger partial charge in [0.1, 0.15) is 0 Å². The van der Waals surface area contributed by atoms with Crippen LogP contribution in [0.15, 0.2) is 0 Å². The van der Waals surface area contributed by atoms with Crippen LogP contribution in [0.4, 0.5) is 0 Å². The van der Waals surface area contributed by atoms with Gasteiger partial charge in [0.2, 0.25) is 0 Å². The van der Waals surface area contributed by atoms with Gasteiger partial charge in [-0.1, -0.05) is 6.92 Å². The predicted molar refractivity (Wildman–Crippen MR) is 82.9 cm³/mol. The molecule has 5 heteroatoms. The highest BCUT2D eigenvalue weighted by molar-refractivity contribution is 6.35. The van der Waals surface area contributed by atoms with Gasteiger partial charge in [-0.2, -0.15) is 0 Å². The molecule has 0 aromatic rings. The van der Waals surface area contributed by atoms with Crippen LogP contribution in [0.2, 0.25) is 0 Å². The molecule has 0 spiro atoms. The summed E-state index contributed by atoms with van der Waals surface area (Å²) < 4.78 is 0. The summed E-state index contributed by atoms with van der Waals surface area (Å²) in [6, 6.07) is 0. The molecular formula is C16H29N3O2. The number of amides is 2. The van der Waals surface area contributed by atoms with Crippen LogP contribution in [0.1, 0.15) is 45.4 Å². The molecule has 0 aliphatic carbocycles. The number of carbonyl (C=O) groups excluding carboxylic acids is 2. The number of hydrogen-bond donors (Lipinski definition) is 1. The fourth-order valence-electron chi connectivity index (χ4n) is 3.09. The van der Waals surface area contributed by atoms with Crippen LogP contribution in [0.25, 0.3) is 0 Å². The molecule has 2 fully saturated rings. The van der Waals surface area contributed by atoms with Crippen molar-refractivity contribution in [1.29, 1.82) is 0 Å². The Labute approximate surface area is 128 Å². The first-order valence-corrected chi connectivity index (χ1v) is 8.46. The monoisotopic (exact) mass is 295 g/mol. The average Bonchev–Trinajstić information content (AvgIpc) is 3.02. The van der Waals surface area contributed by atoms with E-state index in [-0.39, 0.29) is 5.91 Å². The minimum atomic E-state index is -0.427. The van der Waals surface area contributed by atoms with Gasteiger partial charge in [0.15, 0.2) is 0 Å². The van der Waals surface area contributed by atoms with E-state index in [1.54, 1.807) is 4.90 Å². The van der Waals surface area contributed by atoms with E-state index in [0.29, 0.717) is 6.54 Å². The third kappa shape index (κ3) is 5.30. The van der Waals surface area contributed by atoms with Gasteiger partial charge in [-0.3, -0.25) is 9.59 Å². The second-order valence-corrected chi connectivity index (χ2v) is 6.49. The Kier molecular flexibility index (Phi) is 6.49. The molecule has 0 radical (unpaired) electrons. The molecule has 2 aliphatic heterocycles. The fourth-order valence-corrected chi connectivity index (χ4v) is 3.09. The van der Waals surface area contributed by atoms with Crippen molar-refractivity contribution < 1.29 is 9.59 Å². The minimum absolute atomic E-state index is 0.350. The molecule has 2 amide bonds. The predicted octanol–water partition coefficient (Wildman–Crippen LogP) is 1.24. The number of nitrogens with zero attached hydrogens (tertiary/aromatic N) is 2. The summed E-state index contributed by atoms with van der Waals surface area (Å²) in [5.74, 6) is 0.0957. The Bertz CT molecular complexity index is 345. The third-order valence-electron chi connectivity index (χ3n) is 4.65. The van der Waals surface area contributed by atoms with E-state index < -0.39 is 5.91 Å². The maximum absolute atomic E-state index is 11.8. The van der Waals surface area contributed by atoms with Gasteiger partial charge in [-0.15, -0.1) is 0 Å². The molecular weight excluding hydrogens is 266 g/mol. The number of nitrogens with one attached hydrogen (secondary N) is 1. The van der Waals surface area contributed by atoms with Gasteiger partial charge in [0.25, 0.3) is 0 Å². The van der Waals surface area contributed by atoms with Crippen LogP contribution in [-0.4, -0.2) is 60.9 Å². The molecule has 2 heterocycles. The summed E-state index contributed by atoms with van der Waals surface area (Å²) in [5.41, 5.74) is 0. The quantitative estimate of drug-likeness (QED) is 0.613. The van der Waals surface area contributed by atoms with Crippen molar-refractivity contribution in [3.8, 4) is 0 Å². The summed E-state index contributed by atoms with van der Waals surface area (Å²) in [4.78, 5) is 27.7. The maximum Gasteiger partial charge on any atom is 0.311 e. The lowest BCUT2D eigenvalue weighted by molar-refractivity contribution is -0.145. The highest BCUT2D eigenvalue weighted by Crippen LogP contribution is 2.16. The van der Waals surface area contributed by atoms with Crippen molar-refractivity contribution in [2.75, 3.05) is 39.3 Å². The van der Waals surface area contributed by atoms with Crippen LogP contribution in [0, 0.1) is 5.92 Å². The molecule has 0 unspecified atom stereocenters. The zero-order chi connectivity index (χ0) is 15.1. The molecule has 2 aliphatic rings. The van der Waals surface area contributed by atoms with Crippen molar-refractivity contribution in [3.63, 3.8) is 0 Å². The van der Waals surface area contributed by atoms with Gasteiger partial charge in [-0.05, 0) is 64.1 Å². The first-order valence-electron chi connectivity index (χ1n) is 8.46. The van der Waals surface area contributed by atoms with Crippen LogP contribution in [0.5, 0.6) is 0 Å². The van der Waals surface area contributed by atoms with E-state index in [4.69, 9.17) is 0 Å². The third-order valence-corrected chi connectivity index (χ3v) is 4.65. The molecule has 120 valence electrons. The van der Waals surface area contributed by atoms with Crippen LogP contribution < -0.4 is 5.32 Å². The standard InChI is InChI=1S/C16H29N3O2/c1-14-6-12-18(13-7-14)9-3-2-8-17-15(20)16(21)19-10-4-5-11-19/h14H,2-13H2,1H3,(H,17,20). The SMILES string of the molecule is CC1CCN(CCCCNC(=O)C(=O)N2CCCC2)CC1. The largest absolute Gasteiger partial charge is 0.348 e. The van der Waals surface area contributed by atoms with Gasteiger partial charge in [-0.25, -0.2) is 0 Å². The summed E-state index contributed by atoms with van der Waals surface area (Å²) in [7, 11) is 0. The molecule has 0 bridgehead atoms. The topological polar surface area (TPSA) is 52.7 Å². The van der Waals surface area contributed by atoms with Crippen molar-refractivity contribution >= 4 is 11.8 Å². The Balaban J connectivity index is 1.51. The second-order valence-electron chi connectivity index (χ2n) is 6.49. The highest BCUT2D eigenvalue weighted by atomic mass is 16.2. The van der Waals surface area contributed by atoms with Gasteiger partial charge < -0.3 is 15.1 Å². The highest BCUT2D eigenvalue weighted by Gasteiger charge is 2.23. The smallest absolute Gasteiger partial charge is 0.311 e. The van der Waals surface area contributed by atoms with Crippen molar-refractivity contribution in [2.24, 2.45) is 5.92 Å². The Morgan fingerprint density at radius 2 is 1.71 bits per heavy atom. The number of piperidine rings is 1. The summed E-state index contributed by atoms with van der Waals surface area (Å²) >= 11 is 0. The number of rotatable bonds is 5. The van der Waals surface area contributed by atoms with Crippen LogP contribution >= 0.6 is 0 Å². The Hall–Kier alpha value is -1.10. The van der Waals surface area contributed by atoms with E-state index in [1.165, 1.54) is 25.9 Å². The van der Waals surface area contributed by atoms with Crippen molar-refractivity contribution in [2.45, 2.75) is 45.4 Å². The first kappa shape index (κ1) is 16.3. The number of carbonyl (C=O) groups is 2.